The highest BCUT2D eigenvalue weighted by Gasteiger charge is 2.20. The Morgan fingerprint density at radius 2 is 2.00 bits per heavy atom. The molecule has 1 saturated carbocycles. The molecular formula is C15H19Cl2NO3. The van der Waals surface area contributed by atoms with E-state index in [9.17, 15) is 9.90 Å². The number of aliphatic hydroxyl groups excluding tert-OH is 1. The van der Waals surface area contributed by atoms with Crippen molar-refractivity contribution in [2.24, 2.45) is 5.92 Å². The number of nitrogens with one attached hydrogen (secondary N) is 1. The van der Waals surface area contributed by atoms with E-state index in [0.717, 1.165) is 25.7 Å². The van der Waals surface area contributed by atoms with Gasteiger partial charge in [-0.2, -0.15) is 0 Å². The maximum absolute atomic E-state index is 11.7. The van der Waals surface area contributed by atoms with E-state index in [1.165, 1.54) is 0 Å². The average molecular weight is 332 g/mol. The number of benzene rings is 1. The van der Waals surface area contributed by atoms with Crippen LogP contribution in [0, 0.1) is 5.92 Å². The van der Waals surface area contributed by atoms with Crippen molar-refractivity contribution in [3.63, 3.8) is 0 Å². The zero-order valence-electron chi connectivity index (χ0n) is 11.6. The molecule has 2 N–H and O–H groups in total. The van der Waals surface area contributed by atoms with Crippen LogP contribution in [0.1, 0.15) is 25.7 Å². The van der Waals surface area contributed by atoms with Crippen molar-refractivity contribution >= 4 is 29.1 Å². The number of amides is 1. The molecule has 0 saturated heterocycles. The van der Waals surface area contributed by atoms with Gasteiger partial charge in [-0.05, 0) is 43.4 Å². The van der Waals surface area contributed by atoms with E-state index >= 15 is 0 Å². The lowest BCUT2D eigenvalue weighted by molar-refractivity contribution is -0.123. The van der Waals surface area contributed by atoms with E-state index in [1.54, 1.807) is 18.2 Å². The second-order valence-electron chi connectivity index (χ2n) is 5.38. The van der Waals surface area contributed by atoms with Crippen LogP contribution in [-0.2, 0) is 4.79 Å². The van der Waals surface area contributed by atoms with Crippen LogP contribution in [0.2, 0.25) is 10.0 Å². The Balaban J connectivity index is 1.72. The molecule has 0 aromatic heterocycles. The second-order valence-corrected chi connectivity index (χ2v) is 6.26. The van der Waals surface area contributed by atoms with Crippen molar-refractivity contribution in [3.05, 3.63) is 28.2 Å². The molecule has 1 aromatic rings. The standard InChI is InChI=1S/C15H19Cl2NO3/c16-11-5-12(17)7-14(6-11)21-9-15(20)18-8-10-2-1-3-13(19)4-10/h5-7,10,13,19H,1-4,8-9H2,(H,18,20). The minimum absolute atomic E-state index is 0.0774. The molecule has 0 spiro atoms. The monoisotopic (exact) mass is 331 g/mol. The number of rotatable bonds is 5. The minimum Gasteiger partial charge on any atom is -0.484 e. The maximum atomic E-state index is 11.7. The van der Waals surface area contributed by atoms with E-state index in [4.69, 9.17) is 27.9 Å². The number of hydrogen-bond donors (Lipinski definition) is 2. The highest BCUT2D eigenvalue weighted by atomic mass is 35.5. The molecule has 0 aliphatic heterocycles. The van der Waals surface area contributed by atoms with E-state index in [0.29, 0.717) is 28.3 Å². The van der Waals surface area contributed by atoms with Crippen LogP contribution in [0.5, 0.6) is 5.75 Å². The van der Waals surface area contributed by atoms with Gasteiger partial charge >= 0.3 is 0 Å². The van der Waals surface area contributed by atoms with E-state index in [-0.39, 0.29) is 18.6 Å². The predicted octanol–water partition coefficient (Wildman–Crippen LogP) is 3.04. The first-order valence-electron chi connectivity index (χ1n) is 7.06. The summed E-state index contributed by atoms with van der Waals surface area (Å²) in [5, 5.41) is 13.4. The molecular weight excluding hydrogens is 313 g/mol. The number of ether oxygens (including phenoxy) is 1. The Hall–Kier alpha value is -0.970. The largest absolute Gasteiger partial charge is 0.484 e. The Kier molecular flexibility index (Phi) is 6.15. The zero-order valence-corrected chi connectivity index (χ0v) is 13.2. The fourth-order valence-electron chi connectivity index (χ4n) is 2.52. The lowest BCUT2D eigenvalue weighted by Crippen LogP contribution is -2.35. The third-order valence-electron chi connectivity index (χ3n) is 3.55. The minimum atomic E-state index is -0.231. The Morgan fingerprint density at radius 3 is 2.67 bits per heavy atom. The van der Waals surface area contributed by atoms with Gasteiger partial charge in [-0.1, -0.05) is 29.6 Å². The number of aliphatic hydroxyl groups is 1. The van der Waals surface area contributed by atoms with Gasteiger partial charge in [0.25, 0.3) is 5.91 Å². The van der Waals surface area contributed by atoms with E-state index < -0.39 is 0 Å². The molecule has 2 rings (SSSR count). The summed E-state index contributed by atoms with van der Waals surface area (Å²) in [7, 11) is 0. The van der Waals surface area contributed by atoms with Crippen molar-refractivity contribution in [3.8, 4) is 5.75 Å². The molecule has 2 unspecified atom stereocenters. The first-order valence-corrected chi connectivity index (χ1v) is 7.82. The summed E-state index contributed by atoms with van der Waals surface area (Å²) >= 11 is 11.7. The maximum Gasteiger partial charge on any atom is 0.257 e. The van der Waals surface area contributed by atoms with E-state index in [2.05, 4.69) is 5.32 Å². The molecule has 1 aromatic carbocycles. The second kappa shape index (κ2) is 7.87. The van der Waals surface area contributed by atoms with Crippen LogP contribution in [0.15, 0.2) is 18.2 Å². The number of carbonyl (C=O) groups excluding carboxylic acids is 1. The van der Waals surface area contributed by atoms with Gasteiger partial charge in [0, 0.05) is 16.6 Å². The lowest BCUT2D eigenvalue weighted by atomic mass is 9.87. The van der Waals surface area contributed by atoms with Crippen molar-refractivity contribution < 1.29 is 14.6 Å². The summed E-state index contributed by atoms with van der Waals surface area (Å²) in [5.74, 6) is 0.625. The molecule has 1 aliphatic carbocycles. The molecule has 1 aliphatic rings. The normalized spacial score (nSPS) is 21.9. The smallest absolute Gasteiger partial charge is 0.257 e. The number of carbonyl (C=O) groups is 1. The van der Waals surface area contributed by atoms with Gasteiger partial charge in [0.2, 0.25) is 0 Å². The fourth-order valence-corrected chi connectivity index (χ4v) is 3.02. The first kappa shape index (κ1) is 16.4. The summed E-state index contributed by atoms with van der Waals surface area (Å²) in [6, 6.07) is 4.82. The van der Waals surface area contributed by atoms with Crippen molar-refractivity contribution in [1.29, 1.82) is 0 Å². The first-order chi connectivity index (χ1) is 10.0. The molecule has 6 heteroatoms. The number of hydrogen-bond acceptors (Lipinski definition) is 3. The third-order valence-corrected chi connectivity index (χ3v) is 3.99. The third kappa shape index (κ3) is 5.73. The molecule has 0 heterocycles. The molecule has 116 valence electrons. The molecule has 0 radical (unpaired) electrons. The fraction of sp³-hybridized carbons (Fsp3) is 0.533. The van der Waals surface area contributed by atoms with Gasteiger partial charge in [-0.25, -0.2) is 0 Å². The van der Waals surface area contributed by atoms with Crippen LogP contribution >= 0.6 is 23.2 Å². The quantitative estimate of drug-likeness (QED) is 0.871. The molecule has 1 amide bonds. The summed E-state index contributed by atoms with van der Waals surface area (Å²) < 4.78 is 5.36. The summed E-state index contributed by atoms with van der Waals surface area (Å²) in [5.41, 5.74) is 0. The lowest BCUT2D eigenvalue weighted by Gasteiger charge is -2.25. The molecule has 21 heavy (non-hydrogen) atoms. The molecule has 0 bridgehead atoms. The van der Waals surface area contributed by atoms with Crippen molar-refractivity contribution in [2.45, 2.75) is 31.8 Å². The van der Waals surface area contributed by atoms with Gasteiger partial charge in [0.15, 0.2) is 6.61 Å². The zero-order chi connectivity index (χ0) is 15.2. The summed E-state index contributed by atoms with van der Waals surface area (Å²) in [6.45, 7) is 0.501. The average Bonchev–Trinajstić information content (AvgIpc) is 2.42. The van der Waals surface area contributed by atoms with Crippen LogP contribution in [0.25, 0.3) is 0 Å². The number of halogens is 2. The van der Waals surface area contributed by atoms with Gasteiger partial charge in [-0.3, -0.25) is 4.79 Å². The Morgan fingerprint density at radius 1 is 1.29 bits per heavy atom. The van der Waals surface area contributed by atoms with Gasteiger partial charge in [-0.15, -0.1) is 0 Å². The molecule has 4 nitrogen and oxygen atoms in total. The Bertz CT molecular complexity index is 476. The van der Waals surface area contributed by atoms with Gasteiger partial charge in [0.05, 0.1) is 6.10 Å². The topological polar surface area (TPSA) is 58.6 Å². The van der Waals surface area contributed by atoms with Gasteiger partial charge in [0.1, 0.15) is 5.75 Å². The van der Waals surface area contributed by atoms with Crippen LogP contribution < -0.4 is 10.1 Å². The van der Waals surface area contributed by atoms with Crippen molar-refractivity contribution in [2.75, 3.05) is 13.2 Å². The van der Waals surface area contributed by atoms with Crippen molar-refractivity contribution in [1.82, 2.24) is 5.32 Å². The SMILES string of the molecule is O=C(COc1cc(Cl)cc(Cl)c1)NCC1CCCC(O)C1. The summed E-state index contributed by atoms with van der Waals surface area (Å²) in [6.07, 6.45) is 3.45. The van der Waals surface area contributed by atoms with Crippen LogP contribution in [0.4, 0.5) is 0 Å². The highest BCUT2D eigenvalue weighted by molar-refractivity contribution is 6.34. The van der Waals surface area contributed by atoms with E-state index in [1.807, 2.05) is 0 Å². The Labute approximate surface area is 134 Å². The molecule has 1 fully saturated rings. The van der Waals surface area contributed by atoms with Crippen LogP contribution in [-0.4, -0.2) is 30.3 Å². The molecule has 2 atom stereocenters. The summed E-state index contributed by atoms with van der Waals surface area (Å²) in [4.78, 5) is 11.7. The van der Waals surface area contributed by atoms with Crippen LogP contribution in [0.3, 0.4) is 0 Å². The van der Waals surface area contributed by atoms with Gasteiger partial charge < -0.3 is 15.2 Å². The highest BCUT2D eigenvalue weighted by Crippen LogP contribution is 2.24. The predicted molar refractivity (Wildman–Crippen MR) is 82.9 cm³/mol.